The molecule has 1 N–H and O–H groups in total. The molecule has 2 heteroatoms. The Balaban J connectivity index is 0.000000457. The Bertz CT molecular complexity index is 608. The lowest BCUT2D eigenvalue weighted by molar-refractivity contribution is 1.32. The first kappa shape index (κ1) is 10.7. The summed E-state index contributed by atoms with van der Waals surface area (Å²) in [6, 6.07) is 10.3. The van der Waals surface area contributed by atoms with Gasteiger partial charge in [0.25, 0.3) is 0 Å². The van der Waals surface area contributed by atoms with Gasteiger partial charge in [-0.2, -0.15) is 0 Å². The average molecular weight is 212 g/mol. The molecule has 3 rings (SSSR count). The molecule has 82 valence electrons. The third-order valence-corrected chi connectivity index (χ3v) is 2.61. The number of aryl methyl sites for hydroxylation is 1. The predicted octanol–water partition coefficient (Wildman–Crippen LogP) is 4.05. The molecule has 0 unspecified atom stereocenters. The molecule has 0 saturated carbocycles. The lowest BCUT2D eigenvalue weighted by Crippen LogP contribution is -1.77. The zero-order valence-electron chi connectivity index (χ0n) is 9.91. The van der Waals surface area contributed by atoms with Gasteiger partial charge in [-0.15, -0.1) is 0 Å². The second-order valence-electron chi connectivity index (χ2n) is 3.52. The van der Waals surface area contributed by atoms with E-state index in [4.69, 9.17) is 0 Å². The Labute approximate surface area is 95.3 Å². The van der Waals surface area contributed by atoms with Crippen LogP contribution < -0.4 is 0 Å². The smallest absolute Gasteiger partial charge is 0.138 e. The van der Waals surface area contributed by atoms with E-state index in [2.05, 4.69) is 35.1 Å². The first-order chi connectivity index (χ1) is 7.86. The van der Waals surface area contributed by atoms with Gasteiger partial charge in [0.15, 0.2) is 0 Å². The number of pyridine rings is 1. The van der Waals surface area contributed by atoms with E-state index in [-0.39, 0.29) is 0 Å². The van der Waals surface area contributed by atoms with Crippen LogP contribution in [0.4, 0.5) is 0 Å². The van der Waals surface area contributed by atoms with Crippen molar-refractivity contribution in [2.75, 3.05) is 0 Å². The van der Waals surface area contributed by atoms with Gasteiger partial charge in [0.05, 0.1) is 0 Å². The third kappa shape index (κ3) is 1.56. The van der Waals surface area contributed by atoms with Crippen LogP contribution in [0.3, 0.4) is 0 Å². The summed E-state index contributed by atoms with van der Waals surface area (Å²) in [7, 11) is 0. The van der Waals surface area contributed by atoms with Crippen LogP contribution in [0.5, 0.6) is 0 Å². The number of benzene rings is 1. The van der Waals surface area contributed by atoms with E-state index >= 15 is 0 Å². The molecular weight excluding hydrogens is 196 g/mol. The quantitative estimate of drug-likeness (QED) is 0.598. The van der Waals surface area contributed by atoms with Gasteiger partial charge in [0.2, 0.25) is 0 Å². The van der Waals surface area contributed by atoms with Gasteiger partial charge in [-0.05, 0) is 24.6 Å². The fourth-order valence-corrected chi connectivity index (χ4v) is 1.93. The monoisotopic (exact) mass is 212 g/mol. The van der Waals surface area contributed by atoms with Crippen LogP contribution >= 0.6 is 0 Å². The number of rotatable bonds is 0. The summed E-state index contributed by atoms with van der Waals surface area (Å²) in [6.45, 7) is 6.12. The molecule has 0 aliphatic carbocycles. The molecule has 0 atom stereocenters. The van der Waals surface area contributed by atoms with E-state index in [0.29, 0.717) is 0 Å². The van der Waals surface area contributed by atoms with Crippen molar-refractivity contribution in [3.8, 4) is 0 Å². The van der Waals surface area contributed by atoms with E-state index in [9.17, 15) is 0 Å². The lowest BCUT2D eigenvalue weighted by atomic mass is 10.1. The van der Waals surface area contributed by atoms with Crippen molar-refractivity contribution in [3.63, 3.8) is 0 Å². The summed E-state index contributed by atoms with van der Waals surface area (Å²) >= 11 is 0. The maximum absolute atomic E-state index is 4.32. The van der Waals surface area contributed by atoms with Crippen LogP contribution in [0.2, 0.25) is 0 Å². The Morgan fingerprint density at radius 1 is 1.06 bits per heavy atom. The topological polar surface area (TPSA) is 28.7 Å². The number of aromatic nitrogens is 2. The molecular formula is C14H16N2. The van der Waals surface area contributed by atoms with Gasteiger partial charge < -0.3 is 4.98 Å². The molecule has 0 aliphatic heterocycles. The maximum Gasteiger partial charge on any atom is 0.138 e. The second kappa shape index (κ2) is 4.35. The normalized spacial score (nSPS) is 10.2. The molecule has 0 aliphatic rings. The van der Waals surface area contributed by atoms with E-state index in [0.717, 1.165) is 11.2 Å². The number of hydrogen-bond donors (Lipinski definition) is 1. The summed E-state index contributed by atoms with van der Waals surface area (Å²) < 4.78 is 0. The van der Waals surface area contributed by atoms with Crippen molar-refractivity contribution in [2.45, 2.75) is 20.8 Å². The van der Waals surface area contributed by atoms with Gasteiger partial charge in [-0.3, -0.25) is 0 Å². The van der Waals surface area contributed by atoms with E-state index in [1.165, 1.54) is 16.3 Å². The summed E-state index contributed by atoms with van der Waals surface area (Å²) in [5, 5.41) is 2.50. The minimum absolute atomic E-state index is 0.978. The second-order valence-corrected chi connectivity index (χ2v) is 3.52. The van der Waals surface area contributed by atoms with Crippen LogP contribution in [0.1, 0.15) is 19.4 Å². The fourth-order valence-electron chi connectivity index (χ4n) is 1.93. The van der Waals surface area contributed by atoms with Crippen LogP contribution in [0.25, 0.3) is 21.9 Å². The van der Waals surface area contributed by atoms with Crippen molar-refractivity contribution in [2.24, 2.45) is 0 Å². The average Bonchev–Trinajstić information content (AvgIpc) is 2.71. The van der Waals surface area contributed by atoms with Crippen LogP contribution in [0, 0.1) is 6.92 Å². The zero-order valence-corrected chi connectivity index (χ0v) is 9.91. The Kier molecular flexibility index (Phi) is 2.91. The largest absolute Gasteiger partial charge is 0.339 e. The van der Waals surface area contributed by atoms with Crippen molar-refractivity contribution in [3.05, 3.63) is 42.1 Å². The predicted molar refractivity (Wildman–Crippen MR) is 69.7 cm³/mol. The van der Waals surface area contributed by atoms with E-state index in [1.807, 2.05) is 32.2 Å². The van der Waals surface area contributed by atoms with Crippen molar-refractivity contribution >= 4 is 21.9 Å². The molecule has 0 spiro atoms. The highest BCUT2D eigenvalue weighted by atomic mass is 14.8. The van der Waals surface area contributed by atoms with Crippen molar-refractivity contribution in [1.82, 2.24) is 9.97 Å². The summed E-state index contributed by atoms with van der Waals surface area (Å²) in [6.07, 6.45) is 1.84. The minimum atomic E-state index is 0.978. The number of hydrogen-bond acceptors (Lipinski definition) is 1. The zero-order chi connectivity index (χ0) is 11.5. The SMILES string of the molecule is CC.Cc1ccnc2[nH]c3ccccc3c12. The molecule has 16 heavy (non-hydrogen) atoms. The first-order valence-electron chi connectivity index (χ1n) is 5.68. The van der Waals surface area contributed by atoms with Gasteiger partial charge in [0.1, 0.15) is 5.65 Å². The summed E-state index contributed by atoms with van der Waals surface area (Å²) in [5.41, 5.74) is 3.41. The van der Waals surface area contributed by atoms with E-state index in [1.54, 1.807) is 0 Å². The maximum atomic E-state index is 4.32. The molecule has 0 bridgehead atoms. The molecule has 2 nitrogen and oxygen atoms in total. The molecule has 3 aromatic rings. The highest BCUT2D eigenvalue weighted by Crippen LogP contribution is 2.25. The Morgan fingerprint density at radius 3 is 2.62 bits per heavy atom. The third-order valence-electron chi connectivity index (χ3n) is 2.61. The van der Waals surface area contributed by atoms with Crippen molar-refractivity contribution < 1.29 is 0 Å². The van der Waals surface area contributed by atoms with Crippen LogP contribution in [-0.4, -0.2) is 9.97 Å². The number of aromatic amines is 1. The highest BCUT2D eigenvalue weighted by Gasteiger charge is 2.05. The molecule has 0 saturated heterocycles. The minimum Gasteiger partial charge on any atom is -0.339 e. The lowest BCUT2D eigenvalue weighted by Gasteiger charge is -1.94. The number of H-pyrrole nitrogens is 1. The Hall–Kier alpha value is -1.83. The molecule has 0 fully saturated rings. The standard InChI is InChI=1S/C12H10N2.C2H6/c1-8-6-7-13-12-11(8)9-4-2-3-5-10(9)14-12;1-2/h2-7H,1H3,(H,13,14);1-2H3. The number of nitrogens with one attached hydrogen (secondary N) is 1. The molecule has 0 radical (unpaired) electrons. The van der Waals surface area contributed by atoms with Crippen molar-refractivity contribution in [1.29, 1.82) is 0 Å². The van der Waals surface area contributed by atoms with E-state index < -0.39 is 0 Å². The molecule has 2 heterocycles. The summed E-state index contributed by atoms with van der Waals surface area (Å²) in [4.78, 5) is 7.63. The number of fused-ring (bicyclic) bond motifs is 3. The number of nitrogens with zero attached hydrogens (tertiary/aromatic N) is 1. The molecule has 1 aromatic carbocycles. The van der Waals surface area contributed by atoms with Crippen LogP contribution in [0.15, 0.2) is 36.5 Å². The van der Waals surface area contributed by atoms with Gasteiger partial charge >= 0.3 is 0 Å². The fraction of sp³-hybridized carbons (Fsp3) is 0.214. The molecule has 2 aromatic heterocycles. The first-order valence-corrected chi connectivity index (χ1v) is 5.68. The van der Waals surface area contributed by atoms with Gasteiger partial charge in [0, 0.05) is 22.5 Å². The van der Waals surface area contributed by atoms with Gasteiger partial charge in [-0.1, -0.05) is 32.0 Å². The highest BCUT2D eigenvalue weighted by molar-refractivity contribution is 6.07. The Morgan fingerprint density at radius 2 is 1.81 bits per heavy atom. The summed E-state index contributed by atoms with van der Waals surface area (Å²) in [5.74, 6) is 0. The molecule has 0 amide bonds. The van der Waals surface area contributed by atoms with Crippen LogP contribution in [-0.2, 0) is 0 Å². The number of para-hydroxylation sites is 1. The van der Waals surface area contributed by atoms with Gasteiger partial charge in [-0.25, -0.2) is 4.98 Å².